The monoisotopic (exact) mass is 500 g/mol. The number of benzene rings is 2. The van der Waals surface area contributed by atoms with Gasteiger partial charge in [-0.25, -0.2) is 0 Å². The number of thioether (sulfide) groups is 1. The maximum Gasteiger partial charge on any atom is 0.243 e. The van der Waals surface area contributed by atoms with Gasteiger partial charge in [0.1, 0.15) is 6.04 Å². The van der Waals surface area contributed by atoms with Crippen molar-refractivity contribution in [2.45, 2.75) is 51.6 Å². The number of hydrogen-bond donors (Lipinski definition) is 1. The second-order valence-corrected chi connectivity index (χ2v) is 9.71. The predicted octanol–water partition coefficient (Wildman–Crippen LogP) is 6.21. The number of hydrogen-bond acceptors (Lipinski definition) is 3. The number of carbonyl (C=O) groups excluding carboxylic acids is 2. The smallest absolute Gasteiger partial charge is 0.243 e. The number of amides is 2. The van der Waals surface area contributed by atoms with E-state index < -0.39 is 6.04 Å². The van der Waals surface area contributed by atoms with Gasteiger partial charge >= 0.3 is 0 Å². The van der Waals surface area contributed by atoms with Crippen LogP contribution in [-0.2, 0) is 21.9 Å². The van der Waals surface area contributed by atoms with E-state index in [1.54, 1.807) is 17.0 Å². The molecule has 0 radical (unpaired) electrons. The number of rotatable bonds is 10. The van der Waals surface area contributed by atoms with Crippen molar-refractivity contribution in [3.63, 3.8) is 0 Å². The summed E-state index contributed by atoms with van der Waals surface area (Å²) in [6, 6.07) is 12.2. The minimum absolute atomic E-state index is 0.0113. The molecule has 31 heavy (non-hydrogen) atoms. The Labute approximate surface area is 203 Å². The van der Waals surface area contributed by atoms with Crippen molar-refractivity contribution >= 4 is 58.4 Å². The Hall–Kier alpha value is -1.40. The number of carbonyl (C=O) groups is 2. The van der Waals surface area contributed by atoms with Gasteiger partial charge in [-0.05, 0) is 55.7 Å². The van der Waals surface area contributed by atoms with Gasteiger partial charge in [0, 0.05) is 23.4 Å². The second kappa shape index (κ2) is 12.6. The number of halogens is 3. The van der Waals surface area contributed by atoms with Crippen LogP contribution >= 0.6 is 46.6 Å². The molecule has 0 saturated heterocycles. The minimum Gasteiger partial charge on any atom is -0.352 e. The molecule has 168 valence electrons. The molecule has 0 aliphatic heterocycles. The van der Waals surface area contributed by atoms with Crippen LogP contribution in [0.25, 0.3) is 0 Å². The summed E-state index contributed by atoms with van der Waals surface area (Å²) in [6.45, 7) is 5.98. The molecule has 2 amide bonds. The molecule has 8 heteroatoms. The van der Waals surface area contributed by atoms with Crippen LogP contribution in [0.15, 0.2) is 42.5 Å². The summed E-state index contributed by atoms with van der Waals surface area (Å²) < 4.78 is 0. The highest BCUT2D eigenvalue weighted by Gasteiger charge is 2.29. The standard InChI is InChI=1S/C23H27Cl3N2O2S/c1-4-21(23(30)27-15(2)3)28(12-17-7-10-19(25)20(26)11-17)22(29)14-31-13-16-5-8-18(24)9-6-16/h5-11,15,21H,4,12-14H2,1-3H3,(H,27,30). The van der Waals surface area contributed by atoms with Crippen molar-refractivity contribution < 1.29 is 9.59 Å². The van der Waals surface area contributed by atoms with E-state index in [4.69, 9.17) is 34.8 Å². The Kier molecular flexibility index (Phi) is 10.5. The van der Waals surface area contributed by atoms with Gasteiger partial charge in [-0.15, -0.1) is 11.8 Å². The molecule has 0 aliphatic carbocycles. The Balaban J connectivity index is 2.15. The van der Waals surface area contributed by atoms with Crippen LogP contribution < -0.4 is 5.32 Å². The lowest BCUT2D eigenvalue weighted by Crippen LogP contribution is -2.50. The molecule has 0 bridgehead atoms. The number of nitrogens with zero attached hydrogens (tertiary/aromatic N) is 1. The third-order valence-electron chi connectivity index (χ3n) is 4.56. The highest BCUT2D eigenvalue weighted by atomic mass is 35.5. The molecule has 0 aromatic heterocycles. The molecule has 1 atom stereocenters. The normalized spacial score (nSPS) is 12.0. The van der Waals surface area contributed by atoms with Gasteiger partial charge in [0.05, 0.1) is 15.8 Å². The maximum absolute atomic E-state index is 13.2. The van der Waals surface area contributed by atoms with Crippen molar-refractivity contribution in [2.24, 2.45) is 0 Å². The topological polar surface area (TPSA) is 49.4 Å². The van der Waals surface area contributed by atoms with E-state index in [-0.39, 0.29) is 30.2 Å². The van der Waals surface area contributed by atoms with E-state index in [9.17, 15) is 9.59 Å². The van der Waals surface area contributed by atoms with Crippen molar-refractivity contribution in [3.8, 4) is 0 Å². The van der Waals surface area contributed by atoms with Crippen molar-refractivity contribution in [1.82, 2.24) is 10.2 Å². The fourth-order valence-corrected chi connectivity index (χ4v) is 4.37. The zero-order valence-electron chi connectivity index (χ0n) is 17.8. The van der Waals surface area contributed by atoms with Crippen LogP contribution in [0, 0.1) is 0 Å². The minimum atomic E-state index is -0.569. The zero-order chi connectivity index (χ0) is 23.0. The number of nitrogens with one attached hydrogen (secondary N) is 1. The molecule has 1 unspecified atom stereocenters. The quantitative estimate of drug-likeness (QED) is 0.421. The van der Waals surface area contributed by atoms with Gasteiger partial charge < -0.3 is 10.2 Å². The molecular weight excluding hydrogens is 475 g/mol. The first-order valence-electron chi connectivity index (χ1n) is 10.1. The lowest BCUT2D eigenvalue weighted by molar-refractivity contribution is -0.139. The van der Waals surface area contributed by atoms with Crippen LogP contribution in [0.1, 0.15) is 38.3 Å². The SMILES string of the molecule is CCC(C(=O)NC(C)C)N(Cc1ccc(Cl)c(Cl)c1)C(=O)CSCc1ccc(Cl)cc1. The van der Waals surface area contributed by atoms with Crippen molar-refractivity contribution in [2.75, 3.05) is 5.75 Å². The third-order valence-corrected chi connectivity index (χ3v) is 6.54. The van der Waals surface area contributed by atoms with E-state index in [0.29, 0.717) is 27.2 Å². The predicted molar refractivity (Wildman–Crippen MR) is 132 cm³/mol. The molecule has 0 fully saturated rings. The molecule has 2 rings (SSSR count). The molecule has 4 nitrogen and oxygen atoms in total. The Morgan fingerprint density at radius 2 is 1.65 bits per heavy atom. The van der Waals surface area contributed by atoms with Crippen molar-refractivity contribution in [1.29, 1.82) is 0 Å². The highest BCUT2D eigenvalue weighted by Crippen LogP contribution is 2.25. The van der Waals surface area contributed by atoms with Gasteiger partial charge in [-0.3, -0.25) is 9.59 Å². The lowest BCUT2D eigenvalue weighted by Gasteiger charge is -2.31. The van der Waals surface area contributed by atoms with E-state index in [1.165, 1.54) is 11.8 Å². The molecule has 0 saturated carbocycles. The molecule has 0 aliphatic rings. The van der Waals surface area contributed by atoms with E-state index in [0.717, 1.165) is 11.1 Å². The highest BCUT2D eigenvalue weighted by molar-refractivity contribution is 7.99. The summed E-state index contributed by atoms with van der Waals surface area (Å²) in [5.41, 5.74) is 1.91. The third kappa shape index (κ3) is 8.23. The molecule has 2 aromatic carbocycles. The van der Waals surface area contributed by atoms with E-state index in [2.05, 4.69) is 5.32 Å². The molecule has 1 N–H and O–H groups in total. The fraction of sp³-hybridized carbons (Fsp3) is 0.391. The Morgan fingerprint density at radius 1 is 1.00 bits per heavy atom. The summed E-state index contributed by atoms with van der Waals surface area (Å²) in [4.78, 5) is 27.6. The van der Waals surface area contributed by atoms with Gasteiger partial charge in [0.15, 0.2) is 0 Å². The van der Waals surface area contributed by atoms with Crippen LogP contribution in [0.5, 0.6) is 0 Å². The first-order chi connectivity index (χ1) is 14.7. The second-order valence-electron chi connectivity index (χ2n) is 7.48. The van der Waals surface area contributed by atoms with Crippen molar-refractivity contribution in [3.05, 3.63) is 68.7 Å². The van der Waals surface area contributed by atoms with Crippen LogP contribution in [-0.4, -0.2) is 34.6 Å². The Bertz CT molecular complexity index is 891. The largest absolute Gasteiger partial charge is 0.352 e. The Morgan fingerprint density at radius 3 is 2.23 bits per heavy atom. The van der Waals surface area contributed by atoms with Gasteiger partial charge in [-0.2, -0.15) is 0 Å². The average Bonchev–Trinajstić information content (AvgIpc) is 2.71. The lowest BCUT2D eigenvalue weighted by atomic mass is 10.1. The van der Waals surface area contributed by atoms with Gasteiger partial charge in [-0.1, -0.05) is 59.9 Å². The molecule has 0 heterocycles. The fourth-order valence-electron chi connectivity index (χ4n) is 3.05. The van der Waals surface area contributed by atoms with Gasteiger partial charge in [0.2, 0.25) is 11.8 Å². The van der Waals surface area contributed by atoms with Crippen LogP contribution in [0.3, 0.4) is 0 Å². The first kappa shape index (κ1) is 25.9. The average molecular weight is 502 g/mol. The summed E-state index contributed by atoms with van der Waals surface area (Å²) in [5.74, 6) is 0.679. The van der Waals surface area contributed by atoms with Crippen LogP contribution in [0.4, 0.5) is 0 Å². The van der Waals surface area contributed by atoms with E-state index >= 15 is 0 Å². The molecular formula is C23H27Cl3N2O2S. The van der Waals surface area contributed by atoms with Crippen LogP contribution in [0.2, 0.25) is 15.1 Å². The summed E-state index contributed by atoms with van der Waals surface area (Å²) in [7, 11) is 0. The molecule has 2 aromatic rings. The van der Waals surface area contributed by atoms with E-state index in [1.807, 2.05) is 51.1 Å². The van der Waals surface area contributed by atoms with Gasteiger partial charge in [0.25, 0.3) is 0 Å². The summed E-state index contributed by atoms with van der Waals surface area (Å²) in [6.07, 6.45) is 0.507. The first-order valence-corrected chi connectivity index (χ1v) is 12.4. The zero-order valence-corrected chi connectivity index (χ0v) is 20.9. The summed E-state index contributed by atoms with van der Waals surface area (Å²) >= 11 is 19.6. The molecule has 0 spiro atoms. The maximum atomic E-state index is 13.2. The summed E-state index contributed by atoms with van der Waals surface area (Å²) in [5, 5.41) is 4.47.